The molecule has 0 bridgehead atoms. The van der Waals surface area contributed by atoms with Gasteiger partial charge >= 0.3 is 0 Å². The monoisotopic (exact) mass is 391 g/mol. The Hall–Kier alpha value is -2.75. The molecule has 1 saturated heterocycles. The molecule has 1 unspecified atom stereocenters. The van der Waals surface area contributed by atoms with Gasteiger partial charge in [0.05, 0.1) is 0 Å². The molecule has 0 radical (unpaired) electrons. The van der Waals surface area contributed by atoms with Crippen molar-refractivity contribution in [1.29, 1.82) is 0 Å². The normalized spacial score (nSPS) is 17.0. The predicted molar refractivity (Wildman–Crippen MR) is 106 cm³/mol. The number of benzene rings is 1. The molecule has 1 aromatic rings. The SMILES string of the molecule is C#C.C/C=N\N(C)CC(=O)N1CCCC(C(=O)c2ccc(C(C)(F)F)cc2)C1. The summed E-state index contributed by atoms with van der Waals surface area (Å²) in [5, 5.41) is 5.57. The van der Waals surface area contributed by atoms with E-state index in [1.54, 1.807) is 30.1 Å². The van der Waals surface area contributed by atoms with E-state index < -0.39 is 5.92 Å². The van der Waals surface area contributed by atoms with E-state index in [1.165, 1.54) is 24.3 Å². The average Bonchev–Trinajstić information content (AvgIpc) is 2.68. The fourth-order valence-electron chi connectivity index (χ4n) is 3.11. The van der Waals surface area contributed by atoms with Crippen LogP contribution in [0.3, 0.4) is 0 Å². The molecule has 1 atom stereocenters. The number of hydrogen-bond acceptors (Lipinski definition) is 4. The van der Waals surface area contributed by atoms with Gasteiger partial charge in [0.2, 0.25) is 5.91 Å². The van der Waals surface area contributed by atoms with E-state index in [2.05, 4.69) is 17.9 Å². The topological polar surface area (TPSA) is 53.0 Å². The maximum atomic E-state index is 13.3. The second-order valence-electron chi connectivity index (χ2n) is 6.70. The number of halogens is 2. The van der Waals surface area contributed by atoms with Gasteiger partial charge in [-0.3, -0.25) is 14.6 Å². The van der Waals surface area contributed by atoms with Crippen LogP contribution in [0.15, 0.2) is 29.4 Å². The van der Waals surface area contributed by atoms with Crippen molar-refractivity contribution in [2.75, 3.05) is 26.7 Å². The van der Waals surface area contributed by atoms with Gasteiger partial charge in [-0.15, -0.1) is 12.8 Å². The van der Waals surface area contributed by atoms with Gasteiger partial charge in [-0.1, -0.05) is 24.3 Å². The number of hydrazone groups is 1. The fraction of sp³-hybridized carbons (Fsp3) is 0.476. The standard InChI is InChI=1S/C19H25F2N3O2.C2H2/c1-4-22-23(3)13-17(25)24-11-5-6-15(12-24)18(26)14-7-9-16(10-8-14)19(2,20)21;1-2/h4,7-10,15H,5-6,11-13H2,1-3H3;1-2H/b22-4-;. The summed E-state index contributed by atoms with van der Waals surface area (Å²) in [5.74, 6) is -3.41. The van der Waals surface area contributed by atoms with Crippen LogP contribution in [-0.2, 0) is 10.7 Å². The van der Waals surface area contributed by atoms with Crippen LogP contribution in [0.5, 0.6) is 0 Å². The molecule has 1 fully saturated rings. The number of nitrogens with zero attached hydrogens (tertiary/aromatic N) is 3. The Morgan fingerprint density at radius 1 is 1.32 bits per heavy atom. The van der Waals surface area contributed by atoms with E-state index in [-0.39, 0.29) is 29.7 Å². The van der Waals surface area contributed by atoms with Crippen LogP contribution in [0.4, 0.5) is 8.78 Å². The molecular formula is C21H27F2N3O2. The second-order valence-corrected chi connectivity index (χ2v) is 6.70. The molecule has 0 aromatic heterocycles. The highest BCUT2D eigenvalue weighted by Crippen LogP contribution is 2.28. The van der Waals surface area contributed by atoms with Crippen molar-refractivity contribution in [3.63, 3.8) is 0 Å². The Kier molecular flexibility index (Phi) is 8.77. The van der Waals surface area contributed by atoms with E-state index in [0.29, 0.717) is 25.1 Å². The van der Waals surface area contributed by atoms with Crippen LogP contribution >= 0.6 is 0 Å². The van der Waals surface area contributed by atoms with Crippen LogP contribution in [0.1, 0.15) is 42.6 Å². The third kappa shape index (κ3) is 6.45. The minimum absolute atomic E-state index is 0.0726. The first kappa shape index (κ1) is 23.3. The highest BCUT2D eigenvalue weighted by molar-refractivity contribution is 5.98. The zero-order valence-electron chi connectivity index (χ0n) is 16.6. The molecule has 0 spiro atoms. The van der Waals surface area contributed by atoms with Crippen LogP contribution in [0.25, 0.3) is 0 Å². The van der Waals surface area contributed by atoms with Crippen molar-refractivity contribution in [3.05, 3.63) is 35.4 Å². The van der Waals surface area contributed by atoms with Gasteiger partial charge in [-0.25, -0.2) is 8.78 Å². The molecule has 0 saturated carbocycles. The molecule has 0 N–H and O–H groups in total. The lowest BCUT2D eigenvalue weighted by Gasteiger charge is -2.32. The van der Waals surface area contributed by atoms with Crippen molar-refractivity contribution in [1.82, 2.24) is 9.91 Å². The Bertz CT molecular complexity index is 709. The third-order valence-electron chi connectivity index (χ3n) is 4.50. The lowest BCUT2D eigenvalue weighted by atomic mass is 9.89. The number of piperidine rings is 1. The van der Waals surface area contributed by atoms with Gasteiger partial charge in [0.1, 0.15) is 6.54 Å². The number of amides is 1. The molecule has 28 heavy (non-hydrogen) atoms. The number of terminal acetylenes is 1. The van der Waals surface area contributed by atoms with Gasteiger partial charge in [-0.05, 0) is 19.8 Å². The highest BCUT2D eigenvalue weighted by Gasteiger charge is 2.30. The van der Waals surface area contributed by atoms with Crippen molar-refractivity contribution in [3.8, 4) is 12.8 Å². The third-order valence-corrected chi connectivity index (χ3v) is 4.50. The Labute approximate surface area is 165 Å². The van der Waals surface area contributed by atoms with Crippen molar-refractivity contribution < 1.29 is 18.4 Å². The van der Waals surface area contributed by atoms with Crippen LogP contribution < -0.4 is 0 Å². The van der Waals surface area contributed by atoms with Gasteiger partial charge in [0.25, 0.3) is 5.92 Å². The molecule has 1 aliphatic heterocycles. The molecule has 1 aliphatic rings. The number of rotatable bonds is 6. The molecule has 1 heterocycles. The minimum atomic E-state index is -2.93. The lowest BCUT2D eigenvalue weighted by molar-refractivity contribution is -0.133. The smallest absolute Gasteiger partial charge is 0.270 e. The summed E-state index contributed by atoms with van der Waals surface area (Å²) in [6.07, 6.45) is 11.0. The van der Waals surface area contributed by atoms with Crippen LogP contribution in [-0.4, -0.2) is 54.5 Å². The Morgan fingerprint density at radius 2 is 1.93 bits per heavy atom. The van der Waals surface area contributed by atoms with E-state index in [0.717, 1.165) is 13.3 Å². The number of likely N-dealkylation sites (tertiary alicyclic amines) is 1. The number of likely N-dealkylation sites (N-methyl/N-ethyl adjacent to an activating group) is 1. The summed E-state index contributed by atoms with van der Waals surface area (Å²) in [7, 11) is 1.72. The molecular weight excluding hydrogens is 364 g/mol. The number of alkyl halides is 2. The van der Waals surface area contributed by atoms with Gasteiger partial charge in [0, 0.05) is 50.3 Å². The Morgan fingerprint density at radius 3 is 2.46 bits per heavy atom. The lowest BCUT2D eigenvalue weighted by Crippen LogP contribution is -2.45. The number of hydrogen-bond donors (Lipinski definition) is 0. The molecule has 0 aliphatic carbocycles. The summed E-state index contributed by atoms with van der Waals surface area (Å²) in [6, 6.07) is 5.46. The van der Waals surface area contributed by atoms with Crippen molar-refractivity contribution >= 4 is 17.9 Å². The highest BCUT2D eigenvalue weighted by atomic mass is 19.3. The van der Waals surface area contributed by atoms with E-state index in [4.69, 9.17) is 0 Å². The summed E-state index contributed by atoms with van der Waals surface area (Å²) >= 11 is 0. The first-order valence-corrected chi connectivity index (χ1v) is 9.05. The largest absolute Gasteiger partial charge is 0.340 e. The van der Waals surface area contributed by atoms with Gasteiger partial charge in [0.15, 0.2) is 5.78 Å². The quantitative estimate of drug-likeness (QED) is 0.323. The van der Waals surface area contributed by atoms with E-state index in [1.807, 2.05) is 0 Å². The van der Waals surface area contributed by atoms with Crippen molar-refractivity contribution in [2.24, 2.45) is 11.0 Å². The Balaban J connectivity index is 0.00000190. The first-order chi connectivity index (χ1) is 13.2. The minimum Gasteiger partial charge on any atom is -0.340 e. The maximum absolute atomic E-state index is 13.3. The molecule has 7 heteroatoms. The number of carbonyl (C=O) groups excluding carboxylic acids is 2. The van der Waals surface area contributed by atoms with E-state index in [9.17, 15) is 18.4 Å². The average molecular weight is 391 g/mol. The van der Waals surface area contributed by atoms with Gasteiger partial charge < -0.3 is 4.90 Å². The summed E-state index contributed by atoms with van der Waals surface area (Å²) in [4.78, 5) is 26.7. The number of carbonyl (C=O) groups is 2. The summed E-state index contributed by atoms with van der Waals surface area (Å²) in [5.41, 5.74) is 0.291. The van der Waals surface area contributed by atoms with Gasteiger partial charge in [-0.2, -0.15) is 5.10 Å². The van der Waals surface area contributed by atoms with Crippen LogP contribution in [0.2, 0.25) is 0 Å². The predicted octanol–water partition coefficient (Wildman–Crippen LogP) is 3.41. The molecule has 2 rings (SSSR count). The van der Waals surface area contributed by atoms with Crippen molar-refractivity contribution in [2.45, 2.75) is 32.6 Å². The maximum Gasteiger partial charge on any atom is 0.270 e. The number of Topliss-reactive ketones (excluding diaryl/α,β-unsaturated/α-hetero) is 1. The van der Waals surface area contributed by atoms with E-state index >= 15 is 0 Å². The summed E-state index contributed by atoms with van der Waals surface area (Å²) in [6.45, 7) is 3.73. The summed E-state index contributed by atoms with van der Waals surface area (Å²) < 4.78 is 26.6. The molecule has 1 amide bonds. The molecule has 5 nitrogen and oxygen atoms in total. The molecule has 152 valence electrons. The van der Waals surface area contributed by atoms with Crippen LogP contribution in [0, 0.1) is 18.8 Å². The first-order valence-electron chi connectivity index (χ1n) is 9.05. The zero-order chi connectivity index (χ0) is 21.3. The fourth-order valence-corrected chi connectivity index (χ4v) is 3.11. The zero-order valence-corrected chi connectivity index (χ0v) is 16.6. The number of ketones is 1. The molecule has 1 aromatic carbocycles. The second kappa shape index (κ2) is 10.5.